The average Bonchev–Trinajstić information content (AvgIpc) is 2.64. The summed E-state index contributed by atoms with van der Waals surface area (Å²) < 4.78 is 10.9. The van der Waals surface area contributed by atoms with Gasteiger partial charge in [0.25, 0.3) is 0 Å². The van der Waals surface area contributed by atoms with Gasteiger partial charge in [0.05, 0.1) is 7.11 Å². The fraction of sp³-hybridized carbons (Fsp3) is 0.435. The third-order valence-electron chi connectivity index (χ3n) is 4.15. The monoisotopic (exact) mass is 369 g/mol. The highest BCUT2D eigenvalue weighted by atomic mass is 16.6. The number of carbonyl (C=O) groups excluding carboxylic acids is 1. The molecule has 0 unspecified atom stereocenters. The smallest absolute Gasteiger partial charge is 0.410 e. The van der Waals surface area contributed by atoms with E-state index >= 15 is 0 Å². The summed E-state index contributed by atoms with van der Waals surface area (Å²) in [6.45, 7) is 6.86. The predicted octanol–water partition coefficient (Wildman–Crippen LogP) is 5.46. The average molecular weight is 370 g/mol. The van der Waals surface area contributed by atoms with Crippen molar-refractivity contribution in [2.45, 2.75) is 52.2 Å². The van der Waals surface area contributed by atoms with Crippen molar-refractivity contribution >= 4 is 6.09 Å². The SMILES string of the molecule is COc1cccc(CN(CCCCc2ccccc2)C(=O)OC(C)(C)C)c1. The first-order valence-corrected chi connectivity index (χ1v) is 9.52. The molecule has 4 heteroatoms. The number of hydrogen-bond donors (Lipinski definition) is 0. The molecule has 0 bridgehead atoms. The van der Waals surface area contributed by atoms with Gasteiger partial charge in [0.15, 0.2) is 0 Å². The van der Waals surface area contributed by atoms with Crippen molar-refractivity contribution in [3.05, 3.63) is 65.7 Å². The first kappa shape index (κ1) is 20.8. The third-order valence-corrected chi connectivity index (χ3v) is 4.15. The summed E-state index contributed by atoms with van der Waals surface area (Å²) in [5, 5.41) is 0. The van der Waals surface area contributed by atoms with Crippen LogP contribution in [0.4, 0.5) is 4.79 Å². The molecule has 0 atom stereocenters. The Hall–Kier alpha value is -2.49. The Balaban J connectivity index is 1.97. The summed E-state index contributed by atoms with van der Waals surface area (Å²) in [6.07, 6.45) is 2.70. The molecule has 0 saturated heterocycles. The standard InChI is InChI=1S/C23H31NO3/c1-23(2,3)27-22(25)24(18-20-14-10-15-21(17-20)26-4)16-9-8-13-19-11-6-5-7-12-19/h5-7,10-12,14-15,17H,8-9,13,16,18H2,1-4H3. The minimum Gasteiger partial charge on any atom is -0.497 e. The van der Waals surface area contributed by atoms with Crippen LogP contribution in [0, 0.1) is 0 Å². The zero-order chi connectivity index (χ0) is 19.7. The van der Waals surface area contributed by atoms with Crippen LogP contribution in [0.15, 0.2) is 54.6 Å². The van der Waals surface area contributed by atoms with Crippen molar-refractivity contribution in [2.24, 2.45) is 0 Å². The Morgan fingerprint density at radius 2 is 1.67 bits per heavy atom. The molecule has 2 aromatic carbocycles. The summed E-state index contributed by atoms with van der Waals surface area (Å²) in [6, 6.07) is 18.2. The minimum atomic E-state index is -0.506. The maximum absolute atomic E-state index is 12.7. The predicted molar refractivity (Wildman–Crippen MR) is 109 cm³/mol. The molecule has 0 radical (unpaired) electrons. The number of nitrogens with zero attached hydrogens (tertiary/aromatic N) is 1. The van der Waals surface area contributed by atoms with Gasteiger partial charge in [-0.25, -0.2) is 4.79 Å². The molecular formula is C23H31NO3. The van der Waals surface area contributed by atoms with E-state index in [1.807, 2.05) is 51.1 Å². The molecule has 4 nitrogen and oxygen atoms in total. The lowest BCUT2D eigenvalue weighted by atomic mass is 10.1. The lowest BCUT2D eigenvalue weighted by Crippen LogP contribution is -2.37. The topological polar surface area (TPSA) is 38.8 Å². The highest BCUT2D eigenvalue weighted by molar-refractivity contribution is 5.68. The number of aryl methyl sites for hydroxylation is 1. The Labute approximate surface area is 163 Å². The van der Waals surface area contributed by atoms with Crippen LogP contribution in [0.25, 0.3) is 0 Å². The van der Waals surface area contributed by atoms with Crippen molar-refractivity contribution in [1.82, 2.24) is 4.90 Å². The molecule has 0 aliphatic carbocycles. The largest absolute Gasteiger partial charge is 0.497 e. The van der Waals surface area contributed by atoms with Crippen LogP contribution in [0.2, 0.25) is 0 Å². The molecule has 27 heavy (non-hydrogen) atoms. The molecule has 0 spiro atoms. The third kappa shape index (κ3) is 7.73. The fourth-order valence-corrected chi connectivity index (χ4v) is 2.83. The minimum absolute atomic E-state index is 0.273. The number of carbonyl (C=O) groups is 1. The van der Waals surface area contributed by atoms with E-state index in [4.69, 9.17) is 9.47 Å². The Morgan fingerprint density at radius 1 is 0.963 bits per heavy atom. The Morgan fingerprint density at radius 3 is 2.33 bits per heavy atom. The summed E-state index contributed by atoms with van der Waals surface area (Å²) in [4.78, 5) is 14.4. The summed E-state index contributed by atoms with van der Waals surface area (Å²) in [7, 11) is 1.65. The molecule has 0 saturated carbocycles. The van der Waals surface area contributed by atoms with Crippen LogP contribution < -0.4 is 4.74 Å². The summed E-state index contributed by atoms with van der Waals surface area (Å²) in [5.41, 5.74) is 1.85. The molecule has 0 aromatic heterocycles. The van der Waals surface area contributed by atoms with Gasteiger partial charge in [-0.15, -0.1) is 0 Å². The number of ether oxygens (including phenoxy) is 2. The molecule has 1 amide bonds. The van der Waals surface area contributed by atoms with E-state index in [1.165, 1.54) is 5.56 Å². The second-order valence-electron chi connectivity index (χ2n) is 7.70. The molecule has 0 heterocycles. The summed E-state index contributed by atoms with van der Waals surface area (Å²) in [5.74, 6) is 0.792. The number of unbranched alkanes of at least 4 members (excludes halogenated alkanes) is 1. The maximum atomic E-state index is 12.7. The van der Waals surface area contributed by atoms with E-state index in [-0.39, 0.29) is 6.09 Å². The zero-order valence-electron chi connectivity index (χ0n) is 16.9. The second kappa shape index (κ2) is 10.0. The van der Waals surface area contributed by atoms with Crippen LogP contribution in [0.1, 0.15) is 44.7 Å². The highest BCUT2D eigenvalue weighted by Crippen LogP contribution is 2.17. The van der Waals surface area contributed by atoms with Crippen LogP contribution in [0.3, 0.4) is 0 Å². The number of hydrogen-bond acceptors (Lipinski definition) is 3. The van der Waals surface area contributed by atoms with Crippen molar-refractivity contribution < 1.29 is 14.3 Å². The van der Waals surface area contributed by atoms with Gasteiger partial charge in [-0.05, 0) is 63.3 Å². The second-order valence-corrected chi connectivity index (χ2v) is 7.70. The van der Waals surface area contributed by atoms with Crippen LogP contribution in [-0.4, -0.2) is 30.2 Å². The lowest BCUT2D eigenvalue weighted by Gasteiger charge is -2.27. The Kier molecular flexibility index (Phi) is 7.71. The van der Waals surface area contributed by atoms with E-state index in [2.05, 4.69) is 24.3 Å². The molecule has 2 aromatic rings. The molecule has 2 rings (SSSR count). The number of rotatable bonds is 8. The van der Waals surface area contributed by atoms with Crippen molar-refractivity contribution in [3.8, 4) is 5.75 Å². The molecular weight excluding hydrogens is 338 g/mol. The van der Waals surface area contributed by atoms with Gasteiger partial charge in [0.2, 0.25) is 0 Å². The van der Waals surface area contributed by atoms with Crippen molar-refractivity contribution in [3.63, 3.8) is 0 Å². The molecule has 0 fully saturated rings. The number of amides is 1. The van der Waals surface area contributed by atoms with Gasteiger partial charge in [-0.1, -0.05) is 42.5 Å². The van der Waals surface area contributed by atoms with Crippen LogP contribution in [-0.2, 0) is 17.7 Å². The van der Waals surface area contributed by atoms with E-state index in [9.17, 15) is 4.79 Å². The van der Waals surface area contributed by atoms with Gasteiger partial charge < -0.3 is 14.4 Å². The first-order valence-electron chi connectivity index (χ1n) is 9.52. The first-order chi connectivity index (χ1) is 12.9. The lowest BCUT2D eigenvalue weighted by molar-refractivity contribution is 0.0230. The van der Waals surface area contributed by atoms with Gasteiger partial charge >= 0.3 is 6.09 Å². The van der Waals surface area contributed by atoms with Crippen molar-refractivity contribution in [1.29, 1.82) is 0 Å². The van der Waals surface area contributed by atoms with E-state index in [0.29, 0.717) is 13.1 Å². The number of methoxy groups -OCH3 is 1. The van der Waals surface area contributed by atoms with E-state index in [1.54, 1.807) is 12.0 Å². The van der Waals surface area contributed by atoms with E-state index in [0.717, 1.165) is 30.6 Å². The Bertz CT molecular complexity index is 707. The summed E-state index contributed by atoms with van der Waals surface area (Å²) >= 11 is 0. The van der Waals surface area contributed by atoms with Gasteiger partial charge in [0.1, 0.15) is 11.4 Å². The van der Waals surface area contributed by atoms with Crippen molar-refractivity contribution in [2.75, 3.05) is 13.7 Å². The molecule has 146 valence electrons. The zero-order valence-corrected chi connectivity index (χ0v) is 16.9. The number of benzene rings is 2. The van der Waals surface area contributed by atoms with Gasteiger partial charge in [0, 0.05) is 13.1 Å². The maximum Gasteiger partial charge on any atom is 0.410 e. The molecule has 0 aliphatic rings. The van der Waals surface area contributed by atoms with E-state index < -0.39 is 5.60 Å². The fourth-order valence-electron chi connectivity index (χ4n) is 2.83. The normalized spacial score (nSPS) is 11.1. The highest BCUT2D eigenvalue weighted by Gasteiger charge is 2.22. The van der Waals surface area contributed by atoms with Crippen LogP contribution >= 0.6 is 0 Å². The van der Waals surface area contributed by atoms with Gasteiger partial charge in [-0.3, -0.25) is 0 Å². The quantitative estimate of drug-likeness (QED) is 0.580. The molecule has 0 aliphatic heterocycles. The van der Waals surface area contributed by atoms with Crippen LogP contribution in [0.5, 0.6) is 5.75 Å². The van der Waals surface area contributed by atoms with Gasteiger partial charge in [-0.2, -0.15) is 0 Å². The molecule has 0 N–H and O–H groups in total.